The lowest BCUT2D eigenvalue weighted by Crippen LogP contribution is -2.58. The number of esters is 1. The summed E-state index contributed by atoms with van der Waals surface area (Å²) in [6.07, 6.45) is 10.9. The zero-order chi connectivity index (χ0) is 29.0. The molecule has 41 heavy (non-hydrogen) atoms. The summed E-state index contributed by atoms with van der Waals surface area (Å²) in [5.74, 6) is -0.308. The minimum Gasteiger partial charge on any atom is -0.456 e. The Bertz CT molecular complexity index is 1330. The fourth-order valence-electron chi connectivity index (χ4n) is 5.96. The molecule has 0 aromatic heterocycles. The summed E-state index contributed by atoms with van der Waals surface area (Å²) < 4.78 is 11.3. The van der Waals surface area contributed by atoms with E-state index in [0.717, 1.165) is 35.8 Å². The van der Waals surface area contributed by atoms with E-state index in [1.54, 1.807) is 0 Å². The Morgan fingerprint density at radius 1 is 1.00 bits per heavy atom. The highest BCUT2D eigenvalue weighted by Crippen LogP contribution is 2.41. The SMILES string of the molecule is CC(C)(C)OC(=O)c1ccccc1CN1CN(C2C=CC=CC2)C2(CCN(C(=O)OCc3ccccc3)CC2)C1=P. The van der Waals surface area contributed by atoms with Crippen LogP contribution in [-0.2, 0) is 22.6 Å². The Balaban J connectivity index is 1.32. The number of ether oxygens (including phenoxy) is 2. The van der Waals surface area contributed by atoms with E-state index in [2.05, 4.69) is 43.0 Å². The highest BCUT2D eigenvalue weighted by molar-refractivity contribution is 7.21. The molecule has 2 heterocycles. The smallest absolute Gasteiger partial charge is 0.410 e. The second kappa shape index (κ2) is 12.3. The van der Waals surface area contributed by atoms with E-state index in [4.69, 9.17) is 9.47 Å². The van der Waals surface area contributed by atoms with E-state index < -0.39 is 5.60 Å². The maximum atomic E-state index is 13.1. The molecule has 2 saturated heterocycles. The first-order valence-corrected chi connectivity index (χ1v) is 14.9. The van der Waals surface area contributed by atoms with Gasteiger partial charge in [-0.25, -0.2) is 9.59 Å². The number of amides is 1. The number of carbonyl (C=O) groups is 2. The molecule has 0 saturated carbocycles. The van der Waals surface area contributed by atoms with Crippen molar-refractivity contribution in [3.63, 3.8) is 0 Å². The summed E-state index contributed by atoms with van der Waals surface area (Å²) in [7, 11) is 4.09. The van der Waals surface area contributed by atoms with Crippen LogP contribution in [0.5, 0.6) is 0 Å². The van der Waals surface area contributed by atoms with Gasteiger partial charge < -0.3 is 14.4 Å². The second-order valence-electron chi connectivity index (χ2n) is 12.0. The normalized spacial score (nSPS) is 20.9. The van der Waals surface area contributed by atoms with Gasteiger partial charge in [-0.3, -0.25) is 9.80 Å². The Morgan fingerprint density at radius 3 is 2.39 bits per heavy atom. The van der Waals surface area contributed by atoms with Gasteiger partial charge in [0.1, 0.15) is 12.2 Å². The molecule has 7 nitrogen and oxygen atoms in total. The molecule has 2 aliphatic heterocycles. The van der Waals surface area contributed by atoms with Crippen molar-refractivity contribution in [2.45, 2.75) is 70.4 Å². The number of nitrogens with zero attached hydrogens (tertiary/aromatic N) is 3. The first-order chi connectivity index (χ1) is 19.7. The van der Waals surface area contributed by atoms with Crippen LogP contribution in [0.2, 0.25) is 0 Å². The molecule has 0 N–H and O–H groups in total. The number of carbonyl (C=O) groups excluding carboxylic acids is 2. The highest BCUT2D eigenvalue weighted by atomic mass is 31.0. The molecule has 1 aliphatic carbocycles. The largest absolute Gasteiger partial charge is 0.456 e. The van der Waals surface area contributed by atoms with Crippen LogP contribution in [0, 0.1) is 0 Å². The van der Waals surface area contributed by atoms with Crippen LogP contribution in [0.1, 0.15) is 61.5 Å². The molecule has 1 atom stereocenters. The Morgan fingerprint density at radius 2 is 1.71 bits per heavy atom. The fraction of sp³-hybridized carbons (Fsp3) is 0.424. The number of piperidine rings is 1. The van der Waals surface area contributed by atoms with E-state index in [0.29, 0.717) is 31.9 Å². The van der Waals surface area contributed by atoms with Crippen molar-refractivity contribution >= 4 is 26.3 Å². The molecule has 2 fully saturated rings. The molecule has 216 valence electrons. The number of hydrogen-bond acceptors (Lipinski definition) is 5. The van der Waals surface area contributed by atoms with Gasteiger partial charge in [0.05, 0.1) is 17.8 Å². The van der Waals surface area contributed by atoms with E-state index in [1.165, 1.54) is 0 Å². The second-order valence-corrected chi connectivity index (χ2v) is 12.5. The Hall–Kier alpha value is -3.25. The first kappa shape index (κ1) is 29.2. The number of benzene rings is 2. The molecular formula is C33H40N3O4P. The van der Waals surface area contributed by atoms with E-state index in [1.807, 2.05) is 80.3 Å². The molecule has 0 radical (unpaired) electrons. The van der Waals surface area contributed by atoms with Crippen molar-refractivity contribution in [3.8, 4) is 0 Å². The summed E-state index contributed by atoms with van der Waals surface area (Å²) in [6.45, 7) is 8.41. The fourth-order valence-corrected chi connectivity index (χ4v) is 6.50. The maximum Gasteiger partial charge on any atom is 0.410 e. The zero-order valence-corrected chi connectivity index (χ0v) is 25.2. The van der Waals surface area contributed by atoms with Crippen molar-refractivity contribution in [1.29, 1.82) is 0 Å². The van der Waals surface area contributed by atoms with Gasteiger partial charge >= 0.3 is 12.1 Å². The van der Waals surface area contributed by atoms with Crippen molar-refractivity contribution in [1.82, 2.24) is 14.7 Å². The minimum atomic E-state index is -0.567. The molecule has 8 heteroatoms. The first-order valence-electron chi connectivity index (χ1n) is 14.4. The van der Waals surface area contributed by atoms with Gasteiger partial charge in [0.2, 0.25) is 0 Å². The number of allylic oxidation sites excluding steroid dienone is 2. The lowest BCUT2D eigenvalue weighted by molar-refractivity contribution is 0.00671. The van der Waals surface area contributed by atoms with Gasteiger partial charge in [0.15, 0.2) is 0 Å². The maximum absolute atomic E-state index is 13.1. The van der Waals surface area contributed by atoms with Crippen molar-refractivity contribution < 1.29 is 19.1 Å². The predicted octanol–water partition coefficient (Wildman–Crippen LogP) is 6.05. The monoisotopic (exact) mass is 573 g/mol. The Labute approximate surface area is 245 Å². The molecule has 5 rings (SSSR count). The predicted molar refractivity (Wildman–Crippen MR) is 164 cm³/mol. The van der Waals surface area contributed by atoms with Crippen LogP contribution in [0.25, 0.3) is 0 Å². The van der Waals surface area contributed by atoms with E-state index in [-0.39, 0.29) is 30.3 Å². The lowest BCUT2D eigenvalue weighted by atomic mass is 9.84. The van der Waals surface area contributed by atoms with E-state index >= 15 is 0 Å². The highest BCUT2D eigenvalue weighted by Gasteiger charge is 2.52. The van der Waals surface area contributed by atoms with Gasteiger partial charge in [-0.15, -0.1) is 8.86 Å². The number of hydrogen-bond donors (Lipinski definition) is 0. The molecule has 1 spiro atoms. The molecule has 2 aromatic carbocycles. The summed E-state index contributed by atoms with van der Waals surface area (Å²) in [5, 5.41) is 0. The number of likely N-dealkylation sites (tertiary alicyclic amines) is 1. The molecule has 1 amide bonds. The molecule has 1 unspecified atom stereocenters. The topological polar surface area (TPSA) is 62.3 Å². The van der Waals surface area contributed by atoms with Crippen LogP contribution in [0.15, 0.2) is 78.9 Å². The number of rotatable bonds is 6. The standard InChI is InChI=1S/C33H40N3O4P/c1-32(2,3)40-29(37)28-17-11-10-14-26(28)22-35-24-36(27-15-8-5-9-16-27)33(30(35)41)18-20-34(21-19-33)31(38)39-23-25-12-6-4-7-13-25/h4-15,17,27,41H,16,18-24H2,1-3H3. The molecule has 2 aromatic rings. The van der Waals surface area contributed by atoms with Gasteiger partial charge in [-0.05, 0) is 57.2 Å². The van der Waals surface area contributed by atoms with Gasteiger partial charge in [0.25, 0.3) is 0 Å². The van der Waals surface area contributed by atoms with Gasteiger partial charge in [-0.2, -0.15) is 0 Å². The summed E-state index contributed by atoms with van der Waals surface area (Å²) in [6, 6.07) is 17.7. The van der Waals surface area contributed by atoms with Gasteiger partial charge in [-0.1, -0.05) is 72.8 Å². The van der Waals surface area contributed by atoms with Crippen LogP contribution >= 0.6 is 8.86 Å². The minimum absolute atomic E-state index is 0.244. The van der Waals surface area contributed by atoms with Crippen molar-refractivity contribution in [2.24, 2.45) is 0 Å². The Kier molecular flexibility index (Phi) is 8.79. The molecule has 0 bridgehead atoms. The van der Waals surface area contributed by atoms with Crippen LogP contribution in [0.4, 0.5) is 4.79 Å². The summed E-state index contributed by atoms with van der Waals surface area (Å²) >= 11 is 0. The van der Waals surface area contributed by atoms with Crippen LogP contribution < -0.4 is 0 Å². The van der Waals surface area contributed by atoms with Gasteiger partial charge in [0, 0.05) is 31.1 Å². The average molecular weight is 574 g/mol. The van der Waals surface area contributed by atoms with Crippen LogP contribution in [0.3, 0.4) is 0 Å². The summed E-state index contributed by atoms with van der Waals surface area (Å²) in [4.78, 5) is 32.7. The molecule has 3 aliphatic rings. The van der Waals surface area contributed by atoms with Crippen molar-refractivity contribution in [2.75, 3.05) is 19.8 Å². The third kappa shape index (κ3) is 6.64. The third-order valence-corrected chi connectivity index (χ3v) is 8.82. The average Bonchev–Trinajstić information content (AvgIpc) is 3.23. The van der Waals surface area contributed by atoms with Crippen molar-refractivity contribution in [3.05, 3.63) is 95.6 Å². The zero-order valence-electron chi connectivity index (χ0n) is 24.2. The summed E-state index contributed by atoms with van der Waals surface area (Å²) in [5.41, 5.74) is 2.76. The molecular weight excluding hydrogens is 533 g/mol. The third-order valence-electron chi connectivity index (χ3n) is 8.04. The van der Waals surface area contributed by atoms with E-state index in [9.17, 15) is 9.59 Å². The quantitative estimate of drug-likeness (QED) is 0.310. The lowest BCUT2D eigenvalue weighted by Gasteiger charge is -2.46. The van der Waals surface area contributed by atoms with Crippen LogP contribution in [-0.4, -0.2) is 69.1 Å².